The fourth-order valence-electron chi connectivity index (χ4n) is 7.14. The molecule has 58 heavy (non-hydrogen) atoms. The van der Waals surface area contributed by atoms with Crippen molar-refractivity contribution in [2.24, 2.45) is 0 Å². The van der Waals surface area contributed by atoms with Crippen LogP contribution in [-0.2, 0) is 72.0 Å². The van der Waals surface area contributed by atoms with E-state index in [1.54, 1.807) is 0 Å². The Morgan fingerprint density at radius 2 is 1.40 bits per heavy atom. The minimum Gasteiger partial charge on any atom is -0.463 e. The van der Waals surface area contributed by atoms with E-state index >= 15 is 0 Å². The average molecular weight is 818 g/mol. The van der Waals surface area contributed by atoms with Crippen molar-refractivity contribution in [3.05, 3.63) is 101 Å². The van der Waals surface area contributed by atoms with Crippen LogP contribution in [0.15, 0.2) is 79.1 Å². The van der Waals surface area contributed by atoms with Gasteiger partial charge in [-0.1, -0.05) is 72.9 Å². The molecule has 0 aliphatic carbocycles. The van der Waals surface area contributed by atoms with Crippen molar-refractivity contribution in [1.29, 1.82) is 0 Å². The van der Waals surface area contributed by atoms with E-state index in [4.69, 9.17) is 45.4 Å². The molecule has 16 heteroatoms. The molecule has 2 aliphatic heterocycles. The highest BCUT2D eigenvalue weighted by Crippen LogP contribution is 2.39. The van der Waals surface area contributed by atoms with Gasteiger partial charge in [0.05, 0.1) is 47.7 Å². The summed E-state index contributed by atoms with van der Waals surface area (Å²) < 4.78 is 43.1. The number of aliphatic hydroxyl groups excluding tert-OH is 1. The van der Waals surface area contributed by atoms with Gasteiger partial charge in [-0.3, -0.25) is 19.2 Å². The van der Waals surface area contributed by atoms with E-state index in [-0.39, 0.29) is 31.8 Å². The molecule has 4 aromatic rings. The zero-order chi connectivity index (χ0) is 41.3. The summed E-state index contributed by atoms with van der Waals surface area (Å²) in [5, 5.41) is 12.8. The number of imidazole rings is 1. The number of thiocarbonyl (C=S) groups is 1. The molecule has 2 saturated heterocycles. The second-order valence-corrected chi connectivity index (χ2v) is 14.7. The first-order valence-corrected chi connectivity index (χ1v) is 19.3. The van der Waals surface area contributed by atoms with Gasteiger partial charge in [-0.2, -0.15) is 0 Å². The number of carbonyl (C=O) groups excluding carboxylic acids is 4. The quantitative estimate of drug-likeness (QED) is 0.101. The van der Waals surface area contributed by atoms with Crippen LogP contribution in [0.4, 0.5) is 0 Å². The fraction of sp³-hybridized carbons (Fsp3) is 0.429. The number of benzene rings is 3. The third kappa shape index (κ3) is 11.0. The van der Waals surface area contributed by atoms with Crippen molar-refractivity contribution in [2.75, 3.05) is 6.61 Å². The number of nitrogens with zero attached hydrogens (tertiary/aromatic N) is 2. The number of ether oxygens (including phenoxy) is 7. The molecular formula is C42H47N3O12S. The Morgan fingerprint density at radius 1 is 0.776 bits per heavy atom. The molecule has 2 fully saturated rings. The molecular weight excluding hydrogens is 771 g/mol. The lowest BCUT2D eigenvalue weighted by Crippen LogP contribution is -2.62. The molecule has 3 aromatic carbocycles. The summed E-state index contributed by atoms with van der Waals surface area (Å²) in [5.41, 5.74) is 5.43. The maximum atomic E-state index is 12.2. The average Bonchev–Trinajstić information content (AvgIpc) is 3.60. The van der Waals surface area contributed by atoms with Crippen LogP contribution in [0.2, 0.25) is 0 Å². The van der Waals surface area contributed by atoms with Crippen molar-refractivity contribution < 1.29 is 57.4 Å². The van der Waals surface area contributed by atoms with Gasteiger partial charge in [-0.05, 0) is 28.8 Å². The summed E-state index contributed by atoms with van der Waals surface area (Å²) in [6.07, 6.45) is -4.43. The SMILES string of the molecule is CC(=O)OCC1OC(CC(=S)NCc2ccc(C3OC(Cn4cnc5ccccc54)CC(c4ccc(CO)cc4)O3)cc2)C(OC(C)=O)C(OC(C)=O)C1OC(C)=O. The van der Waals surface area contributed by atoms with Crippen molar-refractivity contribution in [3.63, 3.8) is 0 Å². The molecule has 3 heterocycles. The van der Waals surface area contributed by atoms with Crippen molar-refractivity contribution in [2.45, 2.75) is 109 Å². The Morgan fingerprint density at radius 3 is 2.05 bits per heavy atom. The number of aliphatic hydroxyl groups is 1. The molecule has 8 atom stereocenters. The van der Waals surface area contributed by atoms with Crippen LogP contribution < -0.4 is 5.32 Å². The van der Waals surface area contributed by atoms with E-state index in [1.807, 2.05) is 79.1 Å². The van der Waals surface area contributed by atoms with Crippen LogP contribution >= 0.6 is 12.2 Å². The number of nitrogens with one attached hydrogen (secondary N) is 1. The third-order valence-corrected chi connectivity index (χ3v) is 10.1. The van der Waals surface area contributed by atoms with Gasteiger partial charge in [0.2, 0.25) is 0 Å². The topological polar surface area (TPSA) is 183 Å². The third-order valence-electron chi connectivity index (χ3n) is 9.76. The molecule has 0 spiro atoms. The zero-order valence-electron chi connectivity index (χ0n) is 32.6. The number of para-hydroxylation sites is 2. The van der Waals surface area contributed by atoms with Crippen LogP contribution in [0, 0.1) is 0 Å². The summed E-state index contributed by atoms with van der Waals surface area (Å²) in [6, 6.07) is 23.4. The number of aromatic nitrogens is 2. The summed E-state index contributed by atoms with van der Waals surface area (Å²) in [6.45, 7) is 5.26. The van der Waals surface area contributed by atoms with Gasteiger partial charge in [-0.15, -0.1) is 0 Å². The van der Waals surface area contributed by atoms with Crippen LogP contribution in [0.3, 0.4) is 0 Å². The number of hydrogen-bond acceptors (Lipinski definition) is 14. The summed E-state index contributed by atoms with van der Waals surface area (Å²) in [7, 11) is 0. The Balaban J connectivity index is 1.14. The van der Waals surface area contributed by atoms with Gasteiger partial charge in [0.15, 0.2) is 24.6 Å². The molecule has 0 saturated carbocycles. The molecule has 2 N–H and O–H groups in total. The molecule has 1 aromatic heterocycles. The van der Waals surface area contributed by atoms with Crippen LogP contribution in [-0.4, -0.2) is 86.8 Å². The Bertz CT molecular complexity index is 2070. The molecule has 15 nitrogen and oxygen atoms in total. The fourth-order valence-corrected chi connectivity index (χ4v) is 7.38. The maximum Gasteiger partial charge on any atom is 0.303 e. The highest BCUT2D eigenvalue weighted by molar-refractivity contribution is 7.80. The minimum atomic E-state index is -1.28. The normalized spacial score (nSPS) is 24.4. The molecule has 8 unspecified atom stereocenters. The van der Waals surface area contributed by atoms with Crippen LogP contribution in [0.5, 0.6) is 0 Å². The zero-order valence-corrected chi connectivity index (χ0v) is 33.4. The molecule has 0 amide bonds. The minimum absolute atomic E-state index is 0.0184. The van der Waals surface area contributed by atoms with E-state index in [2.05, 4.69) is 14.9 Å². The summed E-state index contributed by atoms with van der Waals surface area (Å²) >= 11 is 5.69. The molecule has 0 bridgehead atoms. The van der Waals surface area contributed by atoms with E-state index in [1.165, 1.54) is 27.7 Å². The van der Waals surface area contributed by atoms with Crippen LogP contribution in [0.25, 0.3) is 11.0 Å². The first-order valence-electron chi connectivity index (χ1n) is 18.9. The number of esters is 4. The van der Waals surface area contributed by atoms with E-state index < -0.39 is 60.7 Å². The second kappa shape index (κ2) is 19.5. The number of carbonyl (C=O) groups is 4. The lowest BCUT2D eigenvalue weighted by atomic mass is 9.92. The van der Waals surface area contributed by atoms with Gasteiger partial charge in [0.25, 0.3) is 0 Å². The van der Waals surface area contributed by atoms with Gasteiger partial charge in [0.1, 0.15) is 18.8 Å². The maximum absolute atomic E-state index is 12.2. The number of fused-ring (bicyclic) bond motifs is 1. The van der Waals surface area contributed by atoms with Gasteiger partial charge < -0.3 is 48.1 Å². The Kier molecular flexibility index (Phi) is 14.2. The van der Waals surface area contributed by atoms with Gasteiger partial charge in [0, 0.05) is 52.6 Å². The largest absolute Gasteiger partial charge is 0.463 e. The predicted octanol–water partition coefficient (Wildman–Crippen LogP) is 4.71. The molecule has 308 valence electrons. The Hall–Kier alpha value is -5.26. The summed E-state index contributed by atoms with van der Waals surface area (Å²) in [4.78, 5) is 53.1. The lowest BCUT2D eigenvalue weighted by molar-refractivity contribution is -0.252. The predicted molar refractivity (Wildman–Crippen MR) is 211 cm³/mol. The first-order chi connectivity index (χ1) is 27.9. The standard InChI is InChI=1S/C42H47N3O12S/c1-24(47)51-22-37-40(53-26(3)49)41(54-27(4)50)39(52-25(2)48)36(56-37)18-38(58)43-19-28-9-15-31(16-10-28)42-55-32(20-45-23-44-33-7-5-6-8-34(33)45)17-35(57-42)30-13-11-29(21-46)12-14-30/h5-16,23,32,35-37,39-42,46H,17-22H2,1-4H3,(H,43,58). The highest BCUT2D eigenvalue weighted by Gasteiger charge is 2.52. The monoisotopic (exact) mass is 817 g/mol. The van der Waals surface area contributed by atoms with Gasteiger partial charge >= 0.3 is 23.9 Å². The van der Waals surface area contributed by atoms with Gasteiger partial charge in [-0.25, -0.2) is 4.98 Å². The molecule has 2 aliphatic rings. The van der Waals surface area contributed by atoms with Crippen molar-refractivity contribution >= 4 is 52.1 Å². The summed E-state index contributed by atoms with van der Waals surface area (Å²) in [5.74, 6) is -2.71. The molecule has 0 radical (unpaired) electrons. The van der Waals surface area contributed by atoms with Crippen molar-refractivity contribution in [1.82, 2.24) is 14.9 Å². The second-order valence-electron chi connectivity index (χ2n) is 14.2. The highest BCUT2D eigenvalue weighted by atomic mass is 32.1. The van der Waals surface area contributed by atoms with Crippen molar-refractivity contribution in [3.8, 4) is 0 Å². The number of hydrogen-bond donors (Lipinski definition) is 2. The Labute approximate surface area is 340 Å². The van der Waals surface area contributed by atoms with E-state index in [0.29, 0.717) is 24.5 Å². The molecule has 6 rings (SSSR count). The van der Waals surface area contributed by atoms with E-state index in [9.17, 15) is 24.3 Å². The lowest BCUT2D eigenvalue weighted by Gasteiger charge is -2.44. The smallest absolute Gasteiger partial charge is 0.303 e. The number of rotatable bonds is 14. The first kappa shape index (κ1) is 42.3. The van der Waals surface area contributed by atoms with E-state index in [0.717, 1.165) is 33.3 Å². The van der Waals surface area contributed by atoms with Crippen LogP contribution in [0.1, 0.15) is 75.2 Å².